The summed E-state index contributed by atoms with van der Waals surface area (Å²) in [6.07, 6.45) is 6.91. The van der Waals surface area contributed by atoms with Gasteiger partial charge in [0.1, 0.15) is 6.61 Å². The van der Waals surface area contributed by atoms with Crippen molar-refractivity contribution in [2.24, 2.45) is 0 Å². The number of amides is 1. The Bertz CT molecular complexity index is 1210. The monoisotopic (exact) mass is 557 g/mol. The highest BCUT2D eigenvalue weighted by Crippen LogP contribution is 2.45. The van der Waals surface area contributed by atoms with Crippen molar-refractivity contribution in [3.05, 3.63) is 53.1 Å². The van der Waals surface area contributed by atoms with E-state index in [0.29, 0.717) is 18.0 Å². The summed E-state index contributed by atoms with van der Waals surface area (Å²) < 4.78 is 32.3. The van der Waals surface area contributed by atoms with E-state index < -0.39 is 16.1 Å². The zero-order valence-electron chi connectivity index (χ0n) is 24.6. The second kappa shape index (κ2) is 13.6. The first-order valence-electron chi connectivity index (χ1n) is 14.4. The number of hydrogen-bond donors (Lipinski definition) is 2. The van der Waals surface area contributed by atoms with Crippen molar-refractivity contribution < 1.29 is 17.9 Å². The lowest BCUT2D eigenvalue weighted by molar-refractivity contribution is 0.155. The summed E-state index contributed by atoms with van der Waals surface area (Å²) in [5, 5.41) is 2.94. The highest BCUT2D eigenvalue weighted by molar-refractivity contribution is 7.92. The summed E-state index contributed by atoms with van der Waals surface area (Å²) in [5.74, 6) is 0.487. The third-order valence-electron chi connectivity index (χ3n) is 7.57. The molecule has 0 saturated heterocycles. The molecule has 8 heteroatoms. The van der Waals surface area contributed by atoms with Crippen molar-refractivity contribution >= 4 is 33.2 Å². The average molecular weight is 558 g/mol. The molecule has 0 spiro atoms. The molecule has 0 radical (unpaired) electrons. The first-order valence-corrected chi connectivity index (χ1v) is 16.1. The largest absolute Gasteiger partial charge is 0.444 e. The number of unbranched alkanes of at least 4 members (excludes halogenated alkanes) is 4. The van der Waals surface area contributed by atoms with E-state index >= 15 is 0 Å². The van der Waals surface area contributed by atoms with Crippen molar-refractivity contribution in [3.8, 4) is 0 Å². The molecule has 0 bridgehead atoms. The first-order chi connectivity index (χ1) is 18.5. The lowest BCUT2D eigenvalue weighted by Crippen LogP contribution is -2.48. The Balaban J connectivity index is 1.63. The molecule has 0 aliphatic carbocycles. The van der Waals surface area contributed by atoms with E-state index in [4.69, 9.17) is 4.74 Å². The Kier molecular flexibility index (Phi) is 10.7. The Morgan fingerprint density at radius 3 is 2.41 bits per heavy atom. The van der Waals surface area contributed by atoms with E-state index in [9.17, 15) is 13.2 Å². The maximum atomic E-state index is 12.7. The van der Waals surface area contributed by atoms with Crippen LogP contribution in [-0.4, -0.2) is 32.3 Å². The van der Waals surface area contributed by atoms with Gasteiger partial charge in [-0.25, -0.2) is 13.2 Å². The SMILES string of the molecule is CCCCCCN1c2cc(C)c(NC(=O)OCc3ccc(NS(=O)(=O)CCCC)cc3)cc2C(C)CC1(C)C. The molecule has 7 nitrogen and oxygen atoms in total. The normalized spacial score (nSPS) is 16.5. The van der Waals surface area contributed by atoms with Crippen LogP contribution < -0.4 is 14.9 Å². The minimum Gasteiger partial charge on any atom is -0.444 e. The predicted octanol–water partition coefficient (Wildman–Crippen LogP) is 7.96. The van der Waals surface area contributed by atoms with Crippen molar-refractivity contribution in [3.63, 3.8) is 0 Å². The third-order valence-corrected chi connectivity index (χ3v) is 8.94. The standard InChI is InChI=1S/C31H47N3O4S/c1-7-9-11-12-17-34-29-19-23(3)28(20-27(29)24(4)21-31(34,5)6)32-30(35)38-22-25-13-15-26(16-14-25)33-39(36,37)18-10-8-2/h13-16,19-20,24,33H,7-12,17-18,21-22H2,1-6H3,(H,32,35). The van der Waals surface area contributed by atoms with E-state index in [1.165, 1.54) is 36.9 Å². The number of ether oxygens (including phenoxy) is 1. The minimum absolute atomic E-state index is 0.0870. The van der Waals surface area contributed by atoms with Gasteiger partial charge in [-0.05, 0) is 86.9 Å². The predicted molar refractivity (Wildman–Crippen MR) is 162 cm³/mol. The van der Waals surface area contributed by atoms with Gasteiger partial charge < -0.3 is 9.64 Å². The van der Waals surface area contributed by atoms with Crippen LogP contribution in [0.2, 0.25) is 0 Å². The molecule has 1 heterocycles. The van der Waals surface area contributed by atoms with Crippen LogP contribution in [0.3, 0.4) is 0 Å². The van der Waals surface area contributed by atoms with Gasteiger partial charge in [0.2, 0.25) is 10.0 Å². The molecule has 0 fully saturated rings. The molecule has 2 aromatic carbocycles. The topological polar surface area (TPSA) is 87.7 Å². The smallest absolute Gasteiger partial charge is 0.411 e. The number of nitrogens with one attached hydrogen (secondary N) is 2. The summed E-state index contributed by atoms with van der Waals surface area (Å²) in [7, 11) is -3.35. The summed E-state index contributed by atoms with van der Waals surface area (Å²) in [5.41, 5.74) is 5.68. The zero-order chi connectivity index (χ0) is 28.6. The highest BCUT2D eigenvalue weighted by Gasteiger charge is 2.36. The van der Waals surface area contributed by atoms with E-state index in [2.05, 4.69) is 54.8 Å². The van der Waals surface area contributed by atoms with Crippen LogP contribution >= 0.6 is 0 Å². The molecule has 1 aliphatic heterocycles. The molecule has 3 rings (SSSR count). The van der Waals surface area contributed by atoms with Crippen LogP contribution in [0.4, 0.5) is 21.9 Å². The Labute approximate surface area is 235 Å². The van der Waals surface area contributed by atoms with Crippen LogP contribution in [0, 0.1) is 6.92 Å². The maximum Gasteiger partial charge on any atom is 0.411 e. The van der Waals surface area contributed by atoms with Crippen molar-refractivity contribution in [1.29, 1.82) is 0 Å². The summed E-state index contributed by atoms with van der Waals surface area (Å²) in [6, 6.07) is 11.2. The minimum atomic E-state index is -3.35. The molecule has 1 aliphatic rings. The van der Waals surface area contributed by atoms with Gasteiger partial charge >= 0.3 is 6.09 Å². The van der Waals surface area contributed by atoms with Crippen molar-refractivity contribution in [2.45, 2.75) is 105 Å². The summed E-state index contributed by atoms with van der Waals surface area (Å²) in [4.78, 5) is 15.2. The van der Waals surface area contributed by atoms with Gasteiger partial charge in [-0.3, -0.25) is 10.0 Å². The van der Waals surface area contributed by atoms with Gasteiger partial charge in [0, 0.05) is 29.1 Å². The van der Waals surface area contributed by atoms with Gasteiger partial charge in [-0.2, -0.15) is 0 Å². The number of hydrogen-bond acceptors (Lipinski definition) is 5. The van der Waals surface area contributed by atoms with Gasteiger partial charge in [0.25, 0.3) is 0 Å². The van der Waals surface area contributed by atoms with Crippen molar-refractivity contribution in [1.82, 2.24) is 0 Å². The molecule has 0 saturated carbocycles. The van der Waals surface area contributed by atoms with E-state index in [-0.39, 0.29) is 17.9 Å². The number of nitrogens with zero attached hydrogens (tertiary/aromatic N) is 1. The molecule has 39 heavy (non-hydrogen) atoms. The molecule has 2 aromatic rings. The number of anilines is 3. The quantitative estimate of drug-likeness (QED) is 0.244. The van der Waals surface area contributed by atoms with Gasteiger partial charge in [-0.15, -0.1) is 0 Å². The van der Waals surface area contributed by atoms with E-state index in [0.717, 1.165) is 36.2 Å². The lowest BCUT2D eigenvalue weighted by atomic mass is 9.79. The number of carbonyl (C=O) groups is 1. The fraction of sp³-hybridized carbons (Fsp3) is 0.581. The van der Waals surface area contributed by atoms with Crippen LogP contribution in [0.15, 0.2) is 36.4 Å². The van der Waals surface area contributed by atoms with Crippen LogP contribution in [-0.2, 0) is 21.4 Å². The maximum absolute atomic E-state index is 12.7. The number of benzene rings is 2. The van der Waals surface area contributed by atoms with E-state index in [1.807, 2.05) is 13.8 Å². The third kappa shape index (κ3) is 8.62. The number of sulfonamides is 1. The molecule has 1 amide bonds. The second-order valence-electron chi connectivity index (χ2n) is 11.5. The van der Waals surface area contributed by atoms with Gasteiger partial charge in [-0.1, -0.05) is 58.6 Å². The molecule has 0 aromatic heterocycles. The fourth-order valence-corrected chi connectivity index (χ4v) is 6.68. The average Bonchev–Trinajstić information content (AvgIpc) is 2.87. The summed E-state index contributed by atoms with van der Waals surface area (Å²) >= 11 is 0. The van der Waals surface area contributed by atoms with Crippen LogP contribution in [0.1, 0.15) is 102 Å². The van der Waals surface area contributed by atoms with Gasteiger partial charge in [0.15, 0.2) is 0 Å². The van der Waals surface area contributed by atoms with Crippen molar-refractivity contribution in [2.75, 3.05) is 27.2 Å². The number of aryl methyl sites for hydroxylation is 1. The Morgan fingerprint density at radius 2 is 1.74 bits per heavy atom. The lowest BCUT2D eigenvalue weighted by Gasteiger charge is -2.48. The van der Waals surface area contributed by atoms with E-state index in [1.54, 1.807) is 24.3 Å². The number of fused-ring (bicyclic) bond motifs is 1. The fourth-order valence-electron chi connectivity index (χ4n) is 5.42. The molecule has 216 valence electrons. The highest BCUT2D eigenvalue weighted by atomic mass is 32.2. The van der Waals surface area contributed by atoms with Crippen LogP contribution in [0.5, 0.6) is 0 Å². The molecular weight excluding hydrogens is 510 g/mol. The molecule has 1 unspecified atom stereocenters. The Morgan fingerprint density at radius 1 is 1.05 bits per heavy atom. The number of rotatable bonds is 13. The Hall–Kier alpha value is -2.74. The molecular formula is C31H47N3O4S. The van der Waals surface area contributed by atoms with Gasteiger partial charge in [0.05, 0.1) is 5.75 Å². The first kappa shape index (κ1) is 30.8. The summed E-state index contributed by atoms with van der Waals surface area (Å²) in [6.45, 7) is 14.3. The second-order valence-corrected chi connectivity index (χ2v) is 13.4. The molecule has 2 N–H and O–H groups in total. The number of carbonyl (C=O) groups excluding carboxylic acids is 1. The van der Waals surface area contributed by atoms with Crippen LogP contribution in [0.25, 0.3) is 0 Å². The zero-order valence-corrected chi connectivity index (χ0v) is 25.4. The molecule has 1 atom stereocenters.